The van der Waals surface area contributed by atoms with Crippen molar-refractivity contribution < 1.29 is 14.3 Å². The highest BCUT2D eigenvalue weighted by Gasteiger charge is 2.24. The average molecular weight is 247 g/mol. The Kier molecular flexibility index (Phi) is 2.62. The first-order valence-corrected chi connectivity index (χ1v) is 5.95. The van der Waals surface area contributed by atoms with E-state index in [9.17, 15) is 4.79 Å². The first-order valence-electron chi connectivity index (χ1n) is 5.95. The van der Waals surface area contributed by atoms with Gasteiger partial charge in [-0.1, -0.05) is 0 Å². The summed E-state index contributed by atoms with van der Waals surface area (Å²) in [4.78, 5) is 20.0. The monoisotopic (exact) mass is 247 g/mol. The molecule has 1 aliphatic carbocycles. The predicted molar refractivity (Wildman–Crippen MR) is 62.6 cm³/mol. The Morgan fingerprint density at radius 2 is 2.33 bits per heavy atom. The lowest BCUT2D eigenvalue weighted by molar-refractivity contribution is 0.0518. The zero-order valence-corrected chi connectivity index (χ0v) is 10.00. The molecule has 0 amide bonds. The van der Waals surface area contributed by atoms with E-state index in [4.69, 9.17) is 9.47 Å². The minimum absolute atomic E-state index is 0.291. The summed E-state index contributed by atoms with van der Waals surface area (Å²) in [6, 6.07) is 1.72. The second-order valence-corrected chi connectivity index (χ2v) is 4.14. The summed E-state index contributed by atoms with van der Waals surface area (Å²) >= 11 is 0. The van der Waals surface area contributed by atoms with Crippen LogP contribution < -0.4 is 4.74 Å². The molecule has 18 heavy (non-hydrogen) atoms. The molecule has 2 aromatic heterocycles. The third-order valence-electron chi connectivity index (χ3n) is 2.67. The SMILES string of the molecule is CCOC(=O)c1cnc2cc(OC3CC3)ncn12. The molecule has 0 bridgehead atoms. The van der Waals surface area contributed by atoms with Crippen molar-refractivity contribution >= 4 is 11.6 Å². The van der Waals surface area contributed by atoms with Crippen LogP contribution in [0, 0.1) is 0 Å². The number of hydrogen-bond donors (Lipinski definition) is 0. The molecule has 0 unspecified atom stereocenters. The molecule has 94 valence electrons. The van der Waals surface area contributed by atoms with Gasteiger partial charge in [-0.15, -0.1) is 0 Å². The summed E-state index contributed by atoms with van der Waals surface area (Å²) < 4.78 is 12.1. The number of imidazole rings is 1. The quantitative estimate of drug-likeness (QED) is 0.765. The number of nitrogens with zero attached hydrogens (tertiary/aromatic N) is 3. The van der Waals surface area contributed by atoms with E-state index in [2.05, 4.69) is 9.97 Å². The van der Waals surface area contributed by atoms with E-state index >= 15 is 0 Å². The van der Waals surface area contributed by atoms with E-state index in [1.807, 2.05) is 0 Å². The molecule has 0 aromatic carbocycles. The highest BCUT2D eigenvalue weighted by Crippen LogP contribution is 2.25. The summed E-state index contributed by atoms with van der Waals surface area (Å²) in [5, 5.41) is 0. The molecule has 1 aliphatic rings. The van der Waals surface area contributed by atoms with Crippen LogP contribution >= 0.6 is 0 Å². The molecule has 0 atom stereocenters. The predicted octanol–water partition coefficient (Wildman–Crippen LogP) is 1.45. The van der Waals surface area contributed by atoms with E-state index in [-0.39, 0.29) is 0 Å². The average Bonchev–Trinajstić information content (AvgIpc) is 3.07. The second kappa shape index (κ2) is 4.29. The zero-order chi connectivity index (χ0) is 12.5. The Morgan fingerprint density at radius 1 is 1.50 bits per heavy atom. The van der Waals surface area contributed by atoms with Crippen LogP contribution in [0.4, 0.5) is 0 Å². The Bertz CT molecular complexity index is 589. The van der Waals surface area contributed by atoms with Gasteiger partial charge in [0, 0.05) is 6.07 Å². The van der Waals surface area contributed by atoms with Gasteiger partial charge in [0.1, 0.15) is 18.1 Å². The van der Waals surface area contributed by atoms with Crippen LogP contribution in [0.5, 0.6) is 5.88 Å². The van der Waals surface area contributed by atoms with Crippen molar-refractivity contribution in [3.8, 4) is 5.88 Å². The smallest absolute Gasteiger partial charge is 0.357 e. The Hall–Kier alpha value is -2.11. The van der Waals surface area contributed by atoms with E-state index in [1.165, 1.54) is 12.5 Å². The maximum absolute atomic E-state index is 11.7. The molecule has 1 fully saturated rings. The molecule has 2 aromatic rings. The first kappa shape index (κ1) is 11.0. The van der Waals surface area contributed by atoms with Crippen molar-refractivity contribution in [2.24, 2.45) is 0 Å². The number of esters is 1. The Balaban J connectivity index is 1.91. The molecular weight excluding hydrogens is 234 g/mol. The van der Waals surface area contributed by atoms with E-state index < -0.39 is 5.97 Å². The van der Waals surface area contributed by atoms with Crippen LogP contribution in [0.3, 0.4) is 0 Å². The minimum atomic E-state index is -0.400. The zero-order valence-electron chi connectivity index (χ0n) is 10.00. The molecule has 0 spiro atoms. The highest BCUT2D eigenvalue weighted by molar-refractivity contribution is 5.88. The molecule has 6 heteroatoms. The van der Waals surface area contributed by atoms with E-state index in [1.54, 1.807) is 17.4 Å². The molecule has 1 saturated carbocycles. The van der Waals surface area contributed by atoms with Crippen LogP contribution in [0.2, 0.25) is 0 Å². The lowest BCUT2D eigenvalue weighted by Crippen LogP contribution is -2.08. The van der Waals surface area contributed by atoms with Crippen LogP contribution in [-0.4, -0.2) is 33.0 Å². The van der Waals surface area contributed by atoms with Gasteiger partial charge < -0.3 is 9.47 Å². The third-order valence-corrected chi connectivity index (χ3v) is 2.67. The van der Waals surface area contributed by atoms with Crippen molar-refractivity contribution in [3.05, 3.63) is 24.3 Å². The van der Waals surface area contributed by atoms with Gasteiger partial charge in [-0.05, 0) is 19.8 Å². The summed E-state index contributed by atoms with van der Waals surface area (Å²) in [6.45, 7) is 2.10. The van der Waals surface area contributed by atoms with Gasteiger partial charge in [0.15, 0.2) is 5.69 Å². The molecule has 0 radical (unpaired) electrons. The van der Waals surface area contributed by atoms with Crippen molar-refractivity contribution in [2.75, 3.05) is 6.61 Å². The molecule has 6 nitrogen and oxygen atoms in total. The lowest BCUT2D eigenvalue weighted by Gasteiger charge is -2.04. The standard InChI is InChI=1S/C12H13N3O3/c1-2-17-12(16)9-6-13-10-5-11(14-7-15(9)10)18-8-3-4-8/h5-8H,2-4H2,1H3. The Morgan fingerprint density at radius 3 is 3.06 bits per heavy atom. The van der Waals surface area contributed by atoms with Gasteiger partial charge in [0.2, 0.25) is 5.88 Å². The van der Waals surface area contributed by atoms with Gasteiger partial charge in [0.05, 0.1) is 12.8 Å². The fourth-order valence-electron chi connectivity index (χ4n) is 1.64. The second-order valence-electron chi connectivity index (χ2n) is 4.14. The van der Waals surface area contributed by atoms with Gasteiger partial charge in [-0.3, -0.25) is 4.40 Å². The van der Waals surface area contributed by atoms with Gasteiger partial charge >= 0.3 is 5.97 Å². The van der Waals surface area contributed by atoms with Gasteiger partial charge in [0.25, 0.3) is 0 Å². The van der Waals surface area contributed by atoms with E-state index in [0.717, 1.165) is 12.8 Å². The summed E-state index contributed by atoms with van der Waals surface area (Å²) in [5.41, 5.74) is 1.00. The number of ether oxygens (including phenoxy) is 2. The number of hydrogen-bond acceptors (Lipinski definition) is 5. The van der Waals surface area contributed by atoms with Crippen LogP contribution in [0.25, 0.3) is 5.65 Å². The molecule has 0 aliphatic heterocycles. The fraction of sp³-hybridized carbons (Fsp3) is 0.417. The molecule has 0 saturated heterocycles. The number of fused-ring (bicyclic) bond motifs is 1. The lowest BCUT2D eigenvalue weighted by atomic mass is 10.5. The highest BCUT2D eigenvalue weighted by atomic mass is 16.5. The maximum atomic E-state index is 11.7. The largest absolute Gasteiger partial charge is 0.474 e. The number of rotatable bonds is 4. The van der Waals surface area contributed by atoms with Gasteiger partial charge in [-0.2, -0.15) is 0 Å². The van der Waals surface area contributed by atoms with Crippen molar-refractivity contribution in [3.63, 3.8) is 0 Å². The van der Waals surface area contributed by atoms with Crippen LogP contribution in [-0.2, 0) is 4.74 Å². The molecule has 2 heterocycles. The van der Waals surface area contributed by atoms with E-state index in [0.29, 0.717) is 29.9 Å². The normalized spacial score (nSPS) is 14.7. The summed E-state index contributed by atoms with van der Waals surface area (Å²) in [5.74, 6) is 0.147. The topological polar surface area (TPSA) is 65.7 Å². The third kappa shape index (κ3) is 2.01. The van der Waals surface area contributed by atoms with Crippen LogP contribution in [0.15, 0.2) is 18.6 Å². The molecule has 0 N–H and O–H groups in total. The van der Waals surface area contributed by atoms with Crippen LogP contribution in [0.1, 0.15) is 30.3 Å². The molecular formula is C12H13N3O3. The van der Waals surface area contributed by atoms with Gasteiger partial charge in [-0.25, -0.2) is 14.8 Å². The molecule has 3 rings (SSSR count). The number of carbonyl (C=O) groups excluding carboxylic acids is 1. The van der Waals surface area contributed by atoms with Crippen molar-refractivity contribution in [2.45, 2.75) is 25.9 Å². The van der Waals surface area contributed by atoms with Crippen molar-refractivity contribution in [1.29, 1.82) is 0 Å². The number of aromatic nitrogens is 3. The minimum Gasteiger partial charge on any atom is -0.474 e. The Labute approximate surface area is 104 Å². The van der Waals surface area contributed by atoms with Crippen molar-refractivity contribution in [1.82, 2.24) is 14.4 Å². The summed E-state index contributed by atoms with van der Waals surface area (Å²) in [6.07, 6.45) is 5.46. The first-order chi connectivity index (χ1) is 8.78. The number of carbonyl (C=O) groups is 1. The fourth-order valence-corrected chi connectivity index (χ4v) is 1.64. The summed E-state index contributed by atoms with van der Waals surface area (Å²) in [7, 11) is 0. The maximum Gasteiger partial charge on any atom is 0.357 e.